The summed E-state index contributed by atoms with van der Waals surface area (Å²) >= 11 is 1.37. The minimum absolute atomic E-state index is 0.102. The Morgan fingerprint density at radius 3 is 3.10 bits per heavy atom. The van der Waals surface area contributed by atoms with E-state index in [2.05, 4.69) is 25.7 Å². The summed E-state index contributed by atoms with van der Waals surface area (Å²) in [6.07, 6.45) is 1.79. The Morgan fingerprint density at radius 1 is 1.57 bits per heavy atom. The van der Waals surface area contributed by atoms with Gasteiger partial charge in [-0.05, 0) is 12.1 Å². The molecule has 10 heteroatoms. The predicted molar refractivity (Wildman–Crippen MR) is 74.7 cm³/mol. The number of carbonyl (C=O) groups is 2. The summed E-state index contributed by atoms with van der Waals surface area (Å²) in [7, 11) is 0. The van der Waals surface area contributed by atoms with Gasteiger partial charge in [-0.2, -0.15) is 4.80 Å². The number of aryl methyl sites for hydroxylation is 1. The fourth-order valence-corrected chi connectivity index (χ4v) is 2.73. The second kappa shape index (κ2) is 5.56. The molecule has 0 radical (unpaired) electrons. The summed E-state index contributed by atoms with van der Waals surface area (Å²) in [5, 5.41) is 16.5. The number of aromatic nitrogens is 5. The highest BCUT2D eigenvalue weighted by Gasteiger charge is 2.36. The first-order valence-electron chi connectivity index (χ1n) is 6.46. The number of tetrazole rings is 1. The molecule has 0 saturated carbocycles. The maximum absolute atomic E-state index is 12.1. The number of anilines is 2. The third kappa shape index (κ3) is 2.75. The van der Waals surface area contributed by atoms with Gasteiger partial charge in [0.2, 0.25) is 11.8 Å². The molecule has 1 aliphatic rings. The molecular formula is C11H13N7O2S. The van der Waals surface area contributed by atoms with Crippen molar-refractivity contribution in [2.45, 2.75) is 19.9 Å². The fraction of sp³-hybridized carbons (Fsp3) is 0.455. The smallest absolute Gasteiger partial charge is 0.270 e. The molecule has 2 aromatic rings. The van der Waals surface area contributed by atoms with Crippen LogP contribution < -0.4 is 10.2 Å². The van der Waals surface area contributed by atoms with Crippen LogP contribution in [0.15, 0.2) is 11.6 Å². The average molecular weight is 307 g/mol. The van der Waals surface area contributed by atoms with Crippen molar-refractivity contribution >= 4 is 34.2 Å². The van der Waals surface area contributed by atoms with E-state index in [0.29, 0.717) is 18.2 Å². The van der Waals surface area contributed by atoms with E-state index in [9.17, 15) is 9.59 Å². The summed E-state index contributed by atoms with van der Waals surface area (Å²) in [4.78, 5) is 31.1. The van der Waals surface area contributed by atoms with Crippen LogP contribution in [-0.4, -0.2) is 43.6 Å². The van der Waals surface area contributed by atoms with E-state index in [1.54, 1.807) is 11.6 Å². The van der Waals surface area contributed by atoms with Gasteiger partial charge in [0.05, 0.1) is 12.5 Å². The molecule has 1 unspecified atom stereocenters. The lowest BCUT2D eigenvalue weighted by molar-refractivity contribution is -0.122. The standard InChI is InChI=1S/C11H13N7O2S/c1-2-18-15-10(14-16-18)13-9(20)7-5-8(19)17(6-7)11-12-3-4-21-11/h3-4,7H,2,5-6H2,1H3,(H,13,15,20). The molecule has 110 valence electrons. The van der Waals surface area contributed by atoms with E-state index in [1.807, 2.05) is 6.92 Å². The Bertz CT molecular complexity index is 653. The van der Waals surface area contributed by atoms with Crippen molar-refractivity contribution in [3.63, 3.8) is 0 Å². The van der Waals surface area contributed by atoms with Crippen LogP contribution in [-0.2, 0) is 16.1 Å². The summed E-state index contributed by atoms with van der Waals surface area (Å²) in [5.41, 5.74) is 0. The highest BCUT2D eigenvalue weighted by atomic mass is 32.1. The van der Waals surface area contributed by atoms with Gasteiger partial charge in [0.1, 0.15) is 0 Å². The first-order chi connectivity index (χ1) is 10.2. The molecule has 0 aromatic carbocycles. The largest absolute Gasteiger partial charge is 0.292 e. The molecule has 9 nitrogen and oxygen atoms in total. The molecule has 1 saturated heterocycles. The number of hydrogen-bond acceptors (Lipinski definition) is 7. The Hall–Kier alpha value is -2.36. The fourth-order valence-electron chi connectivity index (χ4n) is 2.06. The average Bonchev–Trinajstić information content (AvgIpc) is 3.17. The van der Waals surface area contributed by atoms with E-state index < -0.39 is 5.92 Å². The molecule has 2 aromatic heterocycles. The van der Waals surface area contributed by atoms with E-state index in [0.717, 1.165) is 0 Å². The van der Waals surface area contributed by atoms with Gasteiger partial charge in [0.15, 0.2) is 5.13 Å². The minimum Gasteiger partial charge on any atom is -0.292 e. The molecule has 1 N–H and O–H groups in total. The molecule has 3 rings (SSSR count). The van der Waals surface area contributed by atoms with Gasteiger partial charge in [0.25, 0.3) is 5.95 Å². The van der Waals surface area contributed by atoms with Crippen molar-refractivity contribution in [1.29, 1.82) is 0 Å². The molecule has 1 atom stereocenters. The van der Waals surface area contributed by atoms with Crippen molar-refractivity contribution in [1.82, 2.24) is 25.2 Å². The quantitative estimate of drug-likeness (QED) is 0.861. The number of amides is 2. The lowest BCUT2D eigenvalue weighted by Crippen LogP contribution is -2.28. The van der Waals surface area contributed by atoms with E-state index >= 15 is 0 Å². The second-order valence-corrected chi connectivity index (χ2v) is 5.38. The summed E-state index contributed by atoms with van der Waals surface area (Å²) < 4.78 is 0. The topological polar surface area (TPSA) is 106 Å². The molecule has 1 aliphatic heterocycles. The van der Waals surface area contributed by atoms with Crippen molar-refractivity contribution in [3.05, 3.63) is 11.6 Å². The third-order valence-electron chi connectivity index (χ3n) is 3.12. The summed E-state index contributed by atoms with van der Waals surface area (Å²) in [6.45, 7) is 2.76. The van der Waals surface area contributed by atoms with Crippen molar-refractivity contribution < 1.29 is 9.59 Å². The maximum Gasteiger partial charge on any atom is 0.270 e. The molecule has 21 heavy (non-hydrogen) atoms. The van der Waals surface area contributed by atoms with Crippen LogP contribution in [0.1, 0.15) is 13.3 Å². The molecule has 0 bridgehead atoms. The molecule has 2 amide bonds. The number of nitrogens with one attached hydrogen (secondary N) is 1. The van der Waals surface area contributed by atoms with Crippen LogP contribution in [0.25, 0.3) is 0 Å². The summed E-state index contributed by atoms with van der Waals surface area (Å²) in [6, 6.07) is 0. The van der Waals surface area contributed by atoms with E-state index in [-0.39, 0.29) is 24.2 Å². The second-order valence-electron chi connectivity index (χ2n) is 4.51. The molecule has 0 spiro atoms. The lowest BCUT2D eigenvalue weighted by atomic mass is 10.1. The number of hydrogen-bond donors (Lipinski definition) is 1. The Kier molecular flexibility index (Phi) is 3.60. The highest BCUT2D eigenvalue weighted by molar-refractivity contribution is 7.13. The first kappa shape index (κ1) is 13.6. The molecule has 0 aliphatic carbocycles. The van der Waals surface area contributed by atoms with Crippen LogP contribution in [0, 0.1) is 5.92 Å². The minimum atomic E-state index is -0.435. The normalized spacial score (nSPS) is 18.2. The van der Waals surface area contributed by atoms with Gasteiger partial charge in [-0.25, -0.2) is 4.98 Å². The van der Waals surface area contributed by atoms with Gasteiger partial charge < -0.3 is 0 Å². The Labute approximate surface area is 124 Å². The number of rotatable bonds is 4. The predicted octanol–water partition coefficient (Wildman–Crippen LogP) is 0.141. The number of nitrogens with zero attached hydrogens (tertiary/aromatic N) is 6. The molecule has 3 heterocycles. The zero-order valence-corrected chi connectivity index (χ0v) is 12.1. The van der Waals surface area contributed by atoms with Crippen LogP contribution in [0.3, 0.4) is 0 Å². The van der Waals surface area contributed by atoms with Gasteiger partial charge in [0, 0.05) is 24.5 Å². The zero-order chi connectivity index (χ0) is 14.8. The van der Waals surface area contributed by atoms with E-state index in [1.165, 1.54) is 21.0 Å². The third-order valence-corrected chi connectivity index (χ3v) is 3.91. The highest BCUT2D eigenvalue weighted by Crippen LogP contribution is 2.27. The molecular weight excluding hydrogens is 294 g/mol. The maximum atomic E-state index is 12.1. The number of thiazole rings is 1. The van der Waals surface area contributed by atoms with Gasteiger partial charge in [-0.3, -0.25) is 19.8 Å². The Balaban J connectivity index is 1.65. The first-order valence-corrected chi connectivity index (χ1v) is 7.34. The zero-order valence-electron chi connectivity index (χ0n) is 11.3. The van der Waals surface area contributed by atoms with E-state index in [4.69, 9.17) is 0 Å². The Morgan fingerprint density at radius 2 is 2.43 bits per heavy atom. The van der Waals surface area contributed by atoms with Crippen LogP contribution in [0.2, 0.25) is 0 Å². The number of carbonyl (C=O) groups excluding carboxylic acids is 2. The monoisotopic (exact) mass is 307 g/mol. The summed E-state index contributed by atoms with van der Waals surface area (Å²) in [5.74, 6) is -0.662. The van der Waals surface area contributed by atoms with Gasteiger partial charge >= 0.3 is 0 Å². The SMILES string of the molecule is CCn1nnc(NC(=O)C2CC(=O)N(c3nccs3)C2)n1. The van der Waals surface area contributed by atoms with Crippen molar-refractivity contribution in [2.24, 2.45) is 5.92 Å². The lowest BCUT2D eigenvalue weighted by Gasteiger charge is -2.12. The van der Waals surface area contributed by atoms with Crippen LogP contribution in [0.4, 0.5) is 11.1 Å². The van der Waals surface area contributed by atoms with Crippen LogP contribution >= 0.6 is 11.3 Å². The van der Waals surface area contributed by atoms with Crippen molar-refractivity contribution in [3.8, 4) is 0 Å². The van der Waals surface area contributed by atoms with Gasteiger partial charge in [-0.15, -0.1) is 16.4 Å². The van der Waals surface area contributed by atoms with Crippen LogP contribution in [0.5, 0.6) is 0 Å². The van der Waals surface area contributed by atoms with Gasteiger partial charge in [-0.1, -0.05) is 5.10 Å². The molecule has 1 fully saturated rings. The van der Waals surface area contributed by atoms with Crippen molar-refractivity contribution in [2.75, 3.05) is 16.8 Å².